The number of aromatic nitrogens is 3. The van der Waals surface area contributed by atoms with Crippen LogP contribution < -0.4 is 0 Å². The second-order valence-electron chi connectivity index (χ2n) is 6.61. The van der Waals surface area contributed by atoms with Gasteiger partial charge in [0, 0.05) is 18.8 Å². The molecule has 3 heterocycles. The Balaban J connectivity index is 1.81. The van der Waals surface area contributed by atoms with E-state index in [1.807, 2.05) is 19.1 Å². The number of aryl methyl sites for hydroxylation is 2. The lowest BCUT2D eigenvalue weighted by Gasteiger charge is -2.25. The second kappa shape index (κ2) is 6.14. The summed E-state index contributed by atoms with van der Waals surface area (Å²) in [6, 6.07) is 7.13. The van der Waals surface area contributed by atoms with Gasteiger partial charge < -0.3 is 0 Å². The van der Waals surface area contributed by atoms with Crippen molar-refractivity contribution in [2.24, 2.45) is 0 Å². The van der Waals surface area contributed by atoms with Crippen LogP contribution in [-0.4, -0.2) is 33.9 Å². The molecule has 6 nitrogen and oxygen atoms in total. The minimum atomic E-state index is -3.74. The van der Waals surface area contributed by atoms with Crippen LogP contribution in [0.4, 0.5) is 4.39 Å². The molecule has 136 valence electrons. The van der Waals surface area contributed by atoms with Crippen LogP contribution in [0.3, 0.4) is 0 Å². The smallest absolute Gasteiger partial charge is 0.237 e. The molecule has 0 saturated carbocycles. The van der Waals surface area contributed by atoms with E-state index in [1.165, 1.54) is 22.5 Å². The Morgan fingerprint density at radius 2 is 2.00 bits per heavy atom. The molecule has 0 unspecified atom stereocenters. The number of benzene rings is 1. The molecular formula is C18H19FN4O2S. The van der Waals surface area contributed by atoms with Crippen LogP contribution in [0.15, 0.2) is 41.4 Å². The lowest BCUT2D eigenvalue weighted by molar-refractivity contribution is 0.385. The van der Waals surface area contributed by atoms with Crippen LogP contribution in [0.2, 0.25) is 0 Å². The quantitative estimate of drug-likeness (QED) is 0.707. The van der Waals surface area contributed by atoms with Crippen molar-refractivity contribution >= 4 is 15.7 Å². The van der Waals surface area contributed by atoms with Crippen molar-refractivity contribution < 1.29 is 12.8 Å². The molecule has 1 aliphatic rings. The lowest BCUT2D eigenvalue weighted by Crippen LogP contribution is -2.32. The predicted octanol–water partition coefficient (Wildman–Crippen LogP) is 3.01. The molecule has 1 aromatic carbocycles. The SMILES string of the molecule is Cc1cc2nccc([C@@H]3CCCN3S(=O)(=O)c3ccc(F)cc3C)n2n1. The van der Waals surface area contributed by atoms with Crippen LogP contribution in [0.5, 0.6) is 0 Å². The number of sulfonamides is 1. The molecule has 0 N–H and O–H groups in total. The van der Waals surface area contributed by atoms with Gasteiger partial charge in [0.15, 0.2) is 5.65 Å². The van der Waals surface area contributed by atoms with Crippen LogP contribution in [-0.2, 0) is 10.0 Å². The monoisotopic (exact) mass is 374 g/mol. The maximum Gasteiger partial charge on any atom is 0.243 e. The van der Waals surface area contributed by atoms with Crippen molar-refractivity contribution in [1.29, 1.82) is 0 Å². The van der Waals surface area contributed by atoms with Crippen molar-refractivity contribution in [2.75, 3.05) is 6.54 Å². The average molecular weight is 374 g/mol. The summed E-state index contributed by atoms with van der Waals surface area (Å²) < 4.78 is 43.1. The van der Waals surface area contributed by atoms with E-state index in [2.05, 4.69) is 10.1 Å². The van der Waals surface area contributed by atoms with Crippen molar-refractivity contribution in [3.8, 4) is 0 Å². The molecule has 0 aliphatic carbocycles. The standard InChI is InChI=1S/C18H19FN4O2S/c1-12-10-14(19)5-6-17(12)26(24,25)22-9-3-4-15(22)16-7-8-20-18-11-13(2)21-23(16)18/h5-8,10-11,15H,3-4,9H2,1-2H3/t15-/m0/s1. The van der Waals surface area contributed by atoms with Crippen LogP contribution >= 0.6 is 0 Å². The van der Waals surface area contributed by atoms with E-state index in [0.29, 0.717) is 24.2 Å². The fourth-order valence-corrected chi connectivity index (χ4v) is 5.51. The number of hydrogen-bond acceptors (Lipinski definition) is 4. The Kier molecular flexibility index (Phi) is 4.04. The highest BCUT2D eigenvalue weighted by molar-refractivity contribution is 7.89. The highest BCUT2D eigenvalue weighted by atomic mass is 32.2. The van der Waals surface area contributed by atoms with Gasteiger partial charge in [-0.05, 0) is 56.5 Å². The van der Waals surface area contributed by atoms with Crippen LogP contribution in [0, 0.1) is 19.7 Å². The normalized spacial score (nSPS) is 18.7. The number of rotatable bonds is 3. The van der Waals surface area contributed by atoms with E-state index in [1.54, 1.807) is 17.6 Å². The van der Waals surface area contributed by atoms with Crippen molar-refractivity contribution in [1.82, 2.24) is 18.9 Å². The highest BCUT2D eigenvalue weighted by Gasteiger charge is 2.38. The molecule has 1 atom stereocenters. The molecule has 1 fully saturated rings. The van der Waals surface area contributed by atoms with E-state index >= 15 is 0 Å². The third kappa shape index (κ3) is 2.69. The molecule has 0 bridgehead atoms. The zero-order valence-electron chi connectivity index (χ0n) is 14.6. The summed E-state index contributed by atoms with van der Waals surface area (Å²) in [7, 11) is -3.74. The number of fused-ring (bicyclic) bond motifs is 1. The Morgan fingerprint density at radius 3 is 2.77 bits per heavy atom. The van der Waals surface area contributed by atoms with Crippen molar-refractivity contribution in [3.05, 3.63) is 59.3 Å². The van der Waals surface area contributed by atoms with Gasteiger partial charge in [0.05, 0.1) is 22.3 Å². The summed E-state index contributed by atoms with van der Waals surface area (Å²) in [6.45, 7) is 3.92. The van der Waals surface area contributed by atoms with Crippen molar-refractivity contribution in [3.63, 3.8) is 0 Å². The fourth-order valence-electron chi connectivity index (χ4n) is 3.63. The van der Waals surface area contributed by atoms with Gasteiger partial charge in [-0.3, -0.25) is 0 Å². The summed E-state index contributed by atoms with van der Waals surface area (Å²) in [5.74, 6) is -0.442. The molecule has 0 radical (unpaired) electrons. The van der Waals surface area contributed by atoms with Gasteiger partial charge >= 0.3 is 0 Å². The van der Waals surface area contributed by atoms with Gasteiger partial charge in [0.1, 0.15) is 5.82 Å². The molecule has 1 aliphatic heterocycles. The second-order valence-corrected chi connectivity index (χ2v) is 8.47. The largest absolute Gasteiger partial charge is 0.243 e. The minimum Gasteiger partial charge on any atom is -0.237 e. The maximum atomic E-state index is 13.4. The van der Waals surface area contributed by atoms with E-state index in [9.17, 15) is 12.8 Å². The van der Waals surface area contributed by atoms with Gasteiger partial charge in [-0.1, -0.05) is 0 Å². The molecule has 3 aromatic rings. The van der Waals surface area contributed by atoms with Gasteiger partial charge in [-0.15, -0.1) is 0 Å². The van der Waals surface area contributed by atoms with E-state index in [-0.39, 0.29) is 10.9 Å². The zero-order valence-corrected chi connectivity index (χ0v) is 15.4. The number of halogens is 1. The lowest BCUT2D eigenvalue weighted by atomic mass is 10.1. The topological polar surface area (TPSA) is 67.6 Å². The first-order valence-electron chi connectivity index (χ1n) is 8.47. The summed E-state index contributed by atoms with van der Waals surface area (Å²) in [4.78, 5) is 4.44. The first-order valence-corrected chi connectivity index (χ1v) is 9.91. The van der Waals surface area contributed by atoms with Gasteiger partial charge in [0.25, 0.3) is 0 Å². The molecule has 0 spiro atoms. The molecule has 26 heavy (non-hydrogen) atoms. The highest BCUT2D eigenvalue weighted by Crippen LogP contribution is 2.37. The minimum absolute atomic E-state index is 0.146. The summed E-state index contributed by atoms with van der Waals surface area (Å²) in [6.07, 6.45) is 3.14. The Bertz CT molecular complexity index is 1090. The van der Waals surface area contributed by atoms with Crippen LogP contribution in [0.1, 0.15) is 35.8 Å². The molecule has 1 saturated heterocycles. The number of hydrogen-bond donors (Lipinski definition) is 0. The van der Waals surface area contributed by atoms with E-state index in [4.69, 9.17) is 0 Å². The predicted molar refractivity (Wildman–Crippen MR) is 94.7 cm³/mol. The first kappa shape index (κ1) is 17.1. The third-order valence-corrected chi connectivity index (χ3v) is 6.85. The van der Waals surface area contributed by atoms with Gasteiger partial charge in [-0.2, -0.15) is 9.40 Å². The molecule has 4 rings (SSSR count). The van der Waals surface area contributed by atoms with Gasteiger partial charge in [-0.25, -0.2) is 22.3 Å². The Morgan fingerprint density at radius 1 is 1.19 bits per heavy atom. The van der Waals surface area contributed by atoms with Crippen LogP contribution in [0.25, 0.3) is 5.65 Å². The summed E-state index contributed by atoms with van der Waals surface area (Å²) in [5.41, 5.74) is 2.73. The zero-order chi connectivity index (χ0) is 18.5. The third-order valence-electron chi connectivity index (χ3n) is 4.78. The average Bonchev–Trinajstić information content (AvgIpc) is 3.19. The Labute approximate surface area is 151 Å². The molecule has 8 heteroatoms. The Hall–Kier alpha value is -2.32. The van der Waals surface area contributed by atoms with E-state index in [0.717, 1.165) is 17.8 Å². The van der Waals surface area contributed by atoms with Crippen molar-refractivity contribution in [2.45, 2.75) is 37.6 Å². The van der Waals surface area contributed by atoms with E-state index < -0.39 is 15.8 Å². The maximum absolute atomic E-state index is 13.4. The van der Waals surface area contributed by atoms with Gasteiger partial charge in [0.2, 0.25) is 10.0 Å². The fraction of sp³-hybridized carbons (Fsp3) is 0.333. The summed E-state index contributed by atoms with van der Waals surface area (Å²) in [5, 5.41) is 4.46. The molecule has 2 aromatic heterocycles. The molecular weight excluding hydrogens is 355 g/mol. The summed E-state index contributed by atoms with van der Waals surface area (Å²) >= 11 is 0. The first-order chi connectivity index (χ1) is 12.4. The number of nitrogens with zero attached hydrogens (tertiary/aromatic N) is 4. The molecule has 0 amide bonds.